The molecule has 152 valence electrons. The molecule has 0 radical (unpaired) electrons. The number of benzene rings is 2. The minimum absolute atomic E-state index is 0.0297. The highest BCUT2D eigenvalue weighted by Crippen LogP contribution is 2.54. The summed E-state index contributed by atoms with van der Waals surface area (Å²) in [5.74, 6) is 0.660. The van der Waals surface area contributed by atoms with Crippen LogP contribution >= 0.6 is 11.6 Å². The zero-order valence-electron chi connectivity index (χ0n) is 16.4. The van der Waals surface area contributed by atoms with Crippen molar-refractivity contribution in [3.8, 4) is 17.6 Å². The van der Waals surface area contributed by atoms with E-state index in [1.165, 1.54) is 0 Å². The largest absolute Gasteiger partial charge is 0.511 e. The number of fused-ring (bicyclic) bond motifs is 5. The van der Waals surface area contributed by atoms with Crippen LogP contribution in [0.1, 0.15) is 36.5 Å². The number of nitriles is 1. The Bertz CT molecular complexity index is 1130. The molecule has 2 fully saturated rings. The average molecular weight is 422 g/mol. The molecule has 2 bridgehead atoms. The summed E-state index contributed by atoms with van der Waals surface area (Å²) in [4.78, 5) is 13.3. The molecule has 1 aliphatic carbocycles. The predicted molar refractivity (Wildman–Crippen MR) is 111 cm³/mol. The number of aryl methyl sites for hydroxylation is 1. The molecule has 0 spiro atoms. The summed E-state index contributed by atoms with van der Waals surface area (Å²) in [5.41, 5.74) is 2.47. The Hall–Kier alpha value is -2.81. The lowest BCUT2D eigenvalue weighted by Gasteiger charge is -2.19. The van der Waals surface area contributed by atoms with Crippen molar-refractivity contribution >= 4 is 23.0 Å². The maximum Gasteiger partial charge on any atom is 0.173 e. The number of aliphatic hydroxyl groups is 1. The van der Waals surface area contributed by atoms with Crippen LogP contribution in [0.4, 0.5) is 0 Å². The van der Waals surface area contributed by atoms with Gasteiger partial charge in [-0.05, 0) is 54.7 Å². The molecule has 5 rings (SSSR count). The molecule has 1 N–H and O–H groups in total. The lowest BCUT2D eigenvalue weighted by atomic mass is 9.80. The number of Topliss-reactive ketones (excluding diaryl/α,β-unsaturated/α-hetero) is 1. The van der Waals surface area contributed by atoms with Gasteiger partial charge < -0.3 is 14.6 Å². The molecule has 2 saturated heterocycles. The number of carbonyl (C=O) groups is 1. The van der Waals surface area contributed by atoms with Crippen molar-refractivity contribution in [2.75, 3.05) is 0 Å². The number of carbonyl (C=O) groups excluding carboxylic acids is 1. The van der Waals surface area contributed by atoms with Gasteiger partial charge in [0, 0.05) is 6.07 Å². The first kappa shape index (κ1) is 19.2. The first-order chi connectivity index (χ1) is 14.5. The lowest BCUT2D eigenvalue weighted by molar-refractivity contribution is -0.118. The van der Waals surface area contributed by atoms with Crippen molar-refractivity contribution in [3.05, 3.63) is 63.9 Å². The maximum atomic E-state index is 13.3. The zero-order valence-corrected chi connectivity index (χ0v) is 17.1. The quantitative estimate of drug-likeness (QED) is 0.732. The van der Waals surface area contributed by atoms with E-state index in [9.17, 15) is 9.90 Å². The van der Waals surface area contributed by atoms with Crippen LogP contribution in [0.3, 0.4) is 0 Å². The lowest BCUT2D eigenvalue weighted by Crippen LogP contribution is -2.29. The first-order valence-corrected chi connectivity index (χ1v) is 10.5. The Morgan fingerprint density at radius 3 is 2.53 bits per heavy atom. The summed E-state index contributed by atoms with van der Waals surface area (Å²) in [5, 5.41) is 20.3. The highest BCUT2D eigenvalue weighted by Gasteiger charge is 2.59. The Balaban J connectivity index is 1.52. The van der Waals surface area contributed by atoms with E-state index in [2.05, 4.69) is 0 Å². The molecule has 4 atom stereocenters. The fourth-order valence-corrected chi connectivity index (χ4v) is 5.25. The number of ether oxygens (including phenoxy) is 2. The van der Waals surface area contributed by atoms with E-state index >= 15 is 0 Å². The normalized spacial score (nSPS) is 26.8. The Labute approximate surface area is 179 Å². The highest BCUT2D eigenvalue weighted by atomic mass is 35.5. The summed E-state index contributed by atoms with van der Waals surface area (Å²) in [6, 6.07) is 12.4. The molecule has 2 heterocycles. The molecule has 6 heteroatoms. The summed E-state index contributed by atoms with van der Waals surface area (Å²) >= 11 is 6.10. The van der Waals surface area contributed by atoms with Crippen LogP contribution in [0, 0.1) is 23.2 Å². The number of ketones is 1. The molecule has 0 amide bonds. The maximum absolute atomic E-state index is 13.3. The third-order valence-corrected chi connectivity index (χ3v) is 6.74. The minimum atomic E-state index is -0.273. The van der Waals surface area contributed by atoms with Gasteiger partial charge in [-0.25, -0.2) is 0 Å². The van der Waals surface area contributed by atoms with E-state index in [-0.39, 0.29) is 35.6 Å². The van der Waals surface area contributed by atoms with Crippen molar-refractivity contribution < 1.29 is 19.4 Å². The number of allylic oxidation sites excluding steroid dienone is 1. The van der Waals surface area contributed by atoms with Gasteiger partial charge in [-0.3, -0.25) is 4.79 Å². The van der Waals surface area contributed by atoms with Gasteiger partial charge in [-0.1, -0.05) is 24.6 Å². The summed E-state index contributed by atoms with van der Waals surface area (Å²) in [7, 11) is 0. The van der Waals surface area contributed by atoms with E-state index in [1.54, 1.807) is 24.3 Å². The number of hydrogen-bond acceptors (Lipinski definition) is 5. The van der Waals surface area contributed by atoms with Crippen molar-refractivity contribution in [3.63, 3.8) is 0 Å². The first-order valence-electron chi connectivity index (χ1n) is 10.2. The minimum Gasteiger partial charge on any atom is -0.511 e. The summed E-state index contributed by atoms with van der Waals surface area (Å²) in [6.07, 6.45) is 2.34. The van der Waals surface area contributed by atoms with E-state index in [4.69, 9.17) is 26.3 Å². The molecule has 30 heavy (non-hydrogen) atoms. The van der Waals surface area contributed by atoms with Crippen molar-refractivity contribution in [1.29, 1.82) is 5.26 Å². The standard InChI is InChI=1S/C24H20ClNO4/c1-2-12-3-5-14(29-15-6-4-13(11-26)17(25)10-15)9-16(12)20-23(27)21-18-7-8-19(30-18)22(21)24(20)28/h3-6,9-10,18-19,21-22,27H,2,7-8H2,1H3/t18-,19+,21-,22+/m1/s1. The fraction of sp³-hybridized carbons (Fsp3) is 0.333. The molecule has 2 aliphatic heterocycles. The SMILES string of the molecule is CCc1ccc(Oc2ccc(C#N)c(Cl)c2)cc1C1=C(O)[C@H]2[C@@H](C1=O)[C@@H]1CC[C@H]2O1. The number of nitrogens with zero attached hydrogens (tertiary/aromatic N) is 1. The van der Waals surface area contributed by atoms with Crippen LogP contribution in [0.2, 0.25) is 5.02 Å². The Morgan fingerprint density at radius 2 is 1.87 bits per heavy atom. The van der Waals surface area contributed by atoms with E-state index < -0.39 is 0 Å². The monoisotopic (exact) mass is 421 g/mol. The second-order valence-electron chi connectivity index (χ2n) is 7.99. The van der Waals surface area contributed by atoms with Gasteiger partial charge in [-0.2, -0.15) is 5.26 Å². The van der Waals surface area contributed by atoms with Crippen LogP contribution in [-0.4, -0.2) is 23.1 Å². The number of halogens is 1. The summed E-state index contributed by atoms with van der Waals surface area (Å²) in [6.45, 7) is 2.02. The van der Waals surface area contributed by atoms with Gasteiger partial charge >= 0.3 is 0 Å². The topological polar surface area (TPSA) is 79.5 Å². The second kappa shape index (κ2) is 7.16. The van der Waals surface area contributed by atoms with Crippen LogP contribution in [0.15, 0.2) is 42.2 Å². The molecule has 3 aliphatic rings. The zero-order chi connectivity index (χ0) is 21.0. The predicted octanol–water partition coefficient (Wildman–Crippen LogP) is 5.21. The number of aliphatic hydroxyl groups excluding tert-OH is 1. The summed E-state index contributed by atoms with van der Waals surface area (Å²) < 4.78 is 11.8. The van der Waals surface area contributed by atoms with Gasteiger partial charge in [0.1, 0.15) is 23.3 Å². The molecule has 0 aromatic heterocycles. The number of hydrogen-bond donors (Lipinski definition) is 1. The van der Waals surface area contributed by atoms with Crippen LogP contribution in [0.25, 0.3) is 5.57 Å². The smallest absolute Gasteiger partial charge is 0.173 e. The van der Waals surface area contributed by atoms with E-state index in [1.807, 2.05) is 25.1 Å². The second-order valence-corrected chi connectivity index (χ2v) is 8.40. The van der Waals surface area contributed by atoms with Gasteiger partial charge in [-0.15, -0.1) is 0 Å². The van der Waals surface area contributed by atoms with Gasteiger partial charge in [0.2, 0.25) is 0 Å². The van der Waals surface area contributed by atoms with Gasteiger partial charge in [0.05, 0.1) is 40.2 Å². The van der Waals surface area contributed by atoms with Crippen molar-refractivity contribution in [2.45, 2.75) is 38.4 Å². The fourth-order valence-electron chi connectivity index (χ4n) is 5.03. The third-order valence-electron chi connectivity index (χ3n) is 6.42. The molecule has 2 aromatic rings. The number of rotatable bonds is 4. The molecule has 2 aromatic carbocycles. The van der Waals surface area contributed by atoms with Gasteiger partial charge in [0.25, 0.3) is 0 Å². The van der Waals surface area contributed by atoms with Crippen molar-refractivity contribution in [1.82, 2.24) is 0 Å². The van der Waals surface area contributed by atoms with Crippen LogP contribution in [0.5, 0.6) is 11.5 Å². The van der Waals surface area contributed by atoms with Crippen LogP contribution in [-0.2, 0) is 16.0 Å². The Morgan fingerprint density at radius 1 is 1.17 bits per heavy atom. The molecular formula is C24H20ClNO4. The van der Waals surface area contributed by atoms with E-state index in [0.29, 0.717) is 33.2 Å². The third kappa shape index (κ3) is 2.83. The van der Waals surface area contributed by atoms with Crippen LogP contribution < -0.4 is 4.74 Å². The average Bonchev–Trinajstić information content (AvgIpc) is 3.42. The molecular weight excluding hydrogens is 402 g/mol. The van der Waals surface area contributed by atoms with Gasteiger partial charge in [0.15, 0.2) is 5.78 Å². The van der Waals surface area contributed by atoms with E-state index in [0.717, 1.165) is 24.8 Å². The Kier molecular flexibility index (Phi) is 4.57. The molecule has 0 unspecified atom stereocenters. The highest BCUT2D eigenvalue weighted by molar-refractivity contribution is 6.31. The molecule has 0 saturated carbocycles. The molecule has 5 nitrogen and oxygen atoms in total. The van der Waals surface area contributed by atoms with Crippen molar-refractivity contribution in [2.24, 2.45) is 11.8 Å².